The molecule has 0 unspecified atom stereocenters. The normalized spacial score (nSPS) is 12.1. The average Bonchev–Trinajstić information content (AvgIpc) is 2.93. The van der Waals surface area contributed by atoms with Crippen molar-refractivity contribution in [3.8, 4) is 5.75 Å². The number of benzene rings is 3. The second-order valence-corrected chi connectivity index (χ2v) is 12.8. The molecule has 42 heavy (non-hydrogen) atoms. The molecule has 0 aliphatic carbocycles. The summed E-state index contributed by atoms with van der Waals surface area (Å²) in [6.07, 6.45) is 0.297. The Bertz CT molecular complexity index is 1480. The van der Waals surface area contributed by atoms with Gasteiger partial charge in [-0.2, -0.15) is 0 Å². The molecule has 3 aromatic carbocycles. The maximum absolute atomic E-state index is 14.1. The molecule has 226 valence electrons. The lowest BCUT2D eigenvalue weighted by atomic mass is 10.1. The Kier molecular flexibility index (Phi) is 11.7. The van der Waals surface area contributed by atoms with Crippen LogP contribution in [0, 0.1) is 6.92 Å². The summed E-state index contributed by atoms with van der Waals surface area (Å²) in [4.78, 5) is 28.8. The van der Waals surface area contributed by atoms with Crippen LogP contribution in [0.25, 0.3) is 0 Å². The van der Waals surface area contributed by atoms with E-state index < -0.39 is 28.5 Å². The number of amides is 2. The number of halogens is 2. The summed E-state index contributed by atoms with van der Waals surface area (Å²) in [5, 5.41) is 3.63. The predicted octanol–water partition coefficient (Wildman–Crippen LogP) is 6.23. The van der Waals surface area contributed by atoms with E-state index in [1.165, 1.54) is 17.0 Å². The summed E-state index contributed by atoms with van der Waals surface area (Å²) in [5.74, 6) is -0.383. The fourth-order valence-corrected chi connectivity index (χ4v) is 6.26. The fourth-order valence-electron chi connectivity index (χ4n) is 4.38. The van der Waals surface area contributed by atoms with E-state index in [0.717, 1.165) is 9.87 Å². The van der Waals surface area contributed by atoms with Crippen LogP contribution in [-0.4, -0.2) is 50.4 Å². The molecule has 2 amide bonds. The van der Waals surface area contributed by atoms with Gasteiger partial charge in [0.1, 0.15) is 18.3 Å². The fraction of sp³-hybridized carbons (Fsp3) is 0.355. The highest BCUT2D eigenvalue weighted by Gasteiger charge is 2.34. The molecular weight excluding hydrogens is 597 g/mol. The first-order valence-electron chi connectivity index (χ1n) is 13.7. The van der Waals surface area contributed by atoms with Gasteiger partial charge in [-0.3, -0.25) is 13.9 Å². The number of hydrogen-bond donors (Lipinski definition) is 1. The molecule has 1 atom stereocenters. The summed E-state index contributed by atoms with van der Waals surface area (Å²) >= 11 is 12.5. The van der Waals surface area contributed by atoms with Gasteiger partial charge >= 0.3 is 0 Å². The maximum Gasteiger partial charge on any atom is 0.264 e. The largest absolute Gasteiger partial charge is 0.494 e. The van der Waals surface area contributed by atoms with Crippen molar-refractivity contribution < 1.29 is 22.7 Å². The van der Waals surface area contributed by atoms with E-state index in [1.54, 1.807) is 61.5 Å². The van der Waals surface area contributed by atoms with E-state index >= 15 is 0 Å². The van der Waals surface area contributed by atoms with Crippen LogP contribution < -0.4 is 14.4 Å². The lowest BCUT2D eigenvalue weighted by molar-refractivity contribution is -0.140. The monoisotopic (exact) mass is 633 g/mol. The van der Waals surface area contributed by atoms with Crippen LogP contribution >= 0.6 is 23.2 Å². The number of rotatable bonds is 13. The first-order valence-corrected chi connectivity index (χ1v) is 15.9. The van der Waals surface area contributed by atoms with E-state index in [-0.39, 0.29) is 23.4 Å². The number of carbonyl (C=O) groups excluding carboxylic acids is 2. The molecule has 8 nitrogen and oxygen atoms in total. The van der Waals surface area contributed by atoms with Crippen molar-refractivity contribution in [1.29, 1.82) is 0 Å². The van der Waals surface area contributed by atoms with E-state index in [4.69, 9.17) is 27.9 Å². The first kappa shape index (κ1) is 33.2. The number of anilines is 1. The molecule has 0 saturated heterocycles. The Morgan fingerprint density at radius 3 is 2.14 bits per heavy atom. The van der Waals surface area contributed by atoms with Crippen molar-refractivity contribution in [2.45, 2.75) is 64.6 Å². The summed E-state index contributed by atoms with van der Waals surface area (Å²) in [5.41, 5.74) is 1.81. The minimum atomic E-state index is -4.20. The summed E-state index contributed by atoms with van der Waals surface area (Å²) in [6, 6.07) is 16.8. The molecule has 3 aromatic rings. The highest BCUT2D eigenvalue weighted by molar-refractivity contribution is 7.92. The molecule has 0 aliphatic rings. The van der Waals surface area contributed by atoms with Crippen molar-refractivity contribution in [1.82, 2.24) is 10.2 Å². The highest BCUT2D eigenvalue weighted by Crippen LogP contribution is 2.28. The molecule has 11 heteroatoms. The number of sulfonamides is 1. The second kappa shape index (κ2) is 14.8. The number of nitrogens with zero attached hydrogens (tertiary/aromatic N) is 2. The molecule has 0 radical (unpaired) electrons. The number of hydrogen-bond acceptors (Lipinski definition) is 5. The van der Waals surface area contributed by atoms with E-state index in [1.807, 2.05) is 27.7 Å². The number of nitrogens with one attached hydrogen (secondary N) is 1. The zero-order valence-corrected chi connectivity index (χ0v) is 26.8. The van der Waals surface area contributed by atoms with Crippen molar-refractivity contribution in [3.05, 3.63) is 87.9 Å². The number of carbonyl (C=O) groups is 2. The zero-order valence-electron chi connectivity index (χ0n) is 24.4. The topological polar surface area (TPSA) is 96.0 Å². The Balaban J connectivity index is 2.07. The SMILES string of the molecule is CCOc1ccc(S(=O)(=O)N(CC(=O)N(Cc2ccc(Cl)cc2Cl)[C@@H](CC)C(=O)NC(C)C)c2ccc(C)cc2)cc1. The summed E-state index contributed by atoms with van der Waals surface area (Å²) in [6.45, 7) is 9.04. The lowest BCUT2D eigenvalue weighted by Crippen LogP contribution is -2.53. The van der Waals surface area contributed by atoms with Crippen molar-refractivity contribution >= 4 is 50.7 Å². The van der Waals surface area contributed by atoms with Gasteiger partial charge in [0.05, 0.1) is 17.2 Å². The van der Waals surface area contributed by atoms with Gasteiger partial charge in [0, 0.05) is 22.6 Å². The molecule has 0 fully saturated rings. The van der Waals surface area contributed by atoms with Gasteiger partial charge in [0.15, 0.2) is 0 Å². The minimum absolute atomic E-state index is 0.00350. The van der Waals surface area contributed by atoms with E-state index in [2.05, 4.69) is 5.32 Å². The van der Waals surface area contributed by atoms with Crippen LogP contribution in [0.1, 0.15) is 45.2 Å². The Morgan fingerprint density at radius 1 is 0.952 bits per heavy atom. The van der Waals surface area contributed by atoms with Crippen LogP contribution in [0.5, 0.6) is 5.75 Å². The summed E-state index contributed by atoms with van der Waals surface area (Å²) < 4.78 is 34.6. The van der Waals surface area contributed by atoms with Gasteiger partial charge < -0.3 is 15.0 Å². The number of ether oxygens (including phenoxy) is 1. The number of aryl methyl sites for hydroxylation is 1. The van der Waals surface area contributed by atoms with Gasteiger partial charge in [0.25, 0.3) is 10.0 Å². The molecule has 0 spiro atoms. The first-order chi connectivity index (χ1) is 19.9. The van der Waals surface area contributed by atoms with Crippen LogP contribution in [0.4, 0.5) is 5.69 Å². The molecule has 0 heterocycles. The Morgan fingerprint density at radius 2 is 1.60 bits per heavy atom. The standard InChI is InChI=1S/C31H37Cl2N3O5S/c1-6-29(31(38)34-21(3)4)35(19-23-10-11-24(32)18-28(23)33)30(37)20-36(25-12-8-22(5)9-13-25)42(39,40)27-16-14-26(15-17-27)41-7-2/h8-18,21,29H,6-7,19-20H2,1-5H3,(H,34,38)/t29-/m0/s1. The zero-order chi connectivity index (χ0) is 31.0. The van der Waals surface area contributed by atoms with Crippen LogP contribution in [-0.2, 0) is 26.2 Å². The van der Waals surface area contributed by atoms with Crippen LogP contribution in [0.2, 0.25) is 10.0 Å². The smallest absolute Gasteiger partial charge is 0.264 e. The predicted molar refractivity (Wildman–Crippen MR) is 168 cm³/mol. The van der Waals surface area contributed by atoms with Gasteiger partial charge in [-0.05, 0) is 88.2 Å². The molecule has 0 aliphatic heterocycles. The summed E-state index contributed by atoms with van der Waals surface area (Å²) in [7, 11) is -4.20. The van der Waals surface area contributed by atoms with Gasteiger partial charge in [0.2, 0.25) is 11.8 Å². The molecule has 0 aromatic heterocycles. The maximum atomic E-state index is 14.1. The molecule has 0 saturated carbocycles. The average molecular weight is 635 g/mol. The van der Waals surface area contributed by atoms with Crippen LogP contribution in [0.3, 0.4) is 0 Å². The Hall–Kier alpha value is -3.27. The van der Waals surface area contributed by atoms with Crippen molar-refractivity contribution in [2.24, 2.45) is 0 Å². The molecule has 1 N–H and O–H groups in total. The quantitative estimate of drug-likeness (QED) is 0.241. The van der Waals surface area contributed by atoms with Crippen molar-refractivity contribution in [3.63, 3.8) is 0 Å². The third-order valence-electron chi connectivity index (χ3n) is 6.50. The van der Waals surface area contributed by atoms with Gasteiger partial charge in [-0.25, -0.2) is 8.42 Å². The minimum Gasteiger partial charge on any atom is -0.494 e. The van der Waals surface area contributed by atoms with E-state index in [0.29, 0.717) is 40.1 Å². The lowest BCUT2D eigenvalue weighted by Gasteiger charge is -2.33. The van der Waals surface area contributed by atoms with Gasteiger partial charge in [-0.15, -0.1) is 0 Å². The second-order valence-electron chi connectivity index (χ2n) is 10.1. The third-order valence-corrected chi connectivity index (χ3v) is 8.87. The Labute approximate surface area is 258 Å². The van der Waals surface area contributed by atoms with Crippen LogP contribution in [0.15, 0.2) is 71.6 Å². The van der Waals surface area contributed by atoms with Gasteiger partial charge in [-0.1, -0.05) is 53.9 Å². The van der Waals surface area contributed by atoms with E-state index in [9.17, 15) is 18.0 Å². The van der Waals surface area contributed by atoms with Crippen molar-refractivity contribution in [2.75, 3.05) is 17.5 Å². The molecular formula is C31H37Cl2N3O5S. The highest BCUT2D eigenvalue weighted by atomic mass is 35.5. The molecule has 0 bridgehead atoms. The molecule has 3 rings (SSSR count). The third kappa shape index (κ3) is 8.40.